The number of piperidine rings is 1. The van der Waals surface area contributed by atoms with Crippen molar-refractivity contribution in [1.29, 1.82) is 0 Å². The summed E-state index contributed by atoms with van der Waals surface area (Å²) < 4.78 is 1.69. The van der Waals surface area contributed by atoms with Gasteiger partial charge in [-0.3, -0.25) is 20.2 Å². The molecular formula is C24H24N8O3S2. The monoisotopic (exact) mass is 536 g/mol. The molecule has 37 heavy (non-hydrogen) atoms. The number of benzene rings is 2. The second-order valence-electron chi connectivity index (χ2n) is 8.74. The SMILES string of the molecule is Cc1c(NC(=S)NC(=O)c2ccc(N3CCCCC3)c([N+](=O)[O-])c2)cccc1-c1nn2c(C)nnc2s1. The van der Waals surface area contributed by atoms with Gasteiger partial charge in [0.15, 0.2) is 10.9 Å². The fourth-order valence-electron chi connectivity index (χ4n) is 4.37. The second kappa shape index (κ2) is 10.2. The molecule has 0 spiro atoms. The fraction of sp³-hybridized carbons (Fsp3) is 0.292. The van der Waals surface area contributed by atoms with Crippen molar-refractivity contribution in [3.05, 3.63) is 63.5 Å². The number of anilines is 2. The molecule has 1 aliphatic rings. The Hall–Kier alpha value is -3.97. The van der Waals surface area contributed by atoms with Crippen LogP contribution in [-0.2, 0) is 0 Å². The molecule has 4 aromatic rings. The minimum Gasteiger partial charge on any atom is -0.366 e. The highest BCUT2D eigenvalue weighted by Crippen LogP contribution is 2.33. The van der Waals surface area contributed by atoms with Gasteiger partial charge in [0.05, 0.1) is 4.92 Å². The zero-order valence-electron chi connectivity index (χ0n) is 20.2. The van der Waals surface area contributed by atoms with E-state index >= 15 is 0 Å². The van der Waals surface area contributed by atoms with Crippen LogP contribution < -0.4 is 15.5 Å². The molecule has 2 aromatic carbocycles. The Balaban J connectivity index is 1.31. The van der Waals surface area contributed by atoms with Crippen LogP contribution in [0, 0.1) is 24.0 Å². The van der Waals surface area contributed by atoms with Gasteiger partial charge in [-0.25, -0.2) is 0 Å². The lowest BCUT2D eigenvalue weighted by molar-refractivity contribution is -0.384. The molecule has 0 bridgehead atoms. The van der Waals surface area contributed by atoms with Gasteiger partial charge in [0, 0.05) is 36.0 Å². The molecule has 0 saturated carbocycles. The first-order valence-electron chi connectivity index (χ1n) is 11.8. The van der Waals surface area contributed by atoms with E-state index < -0.39 is 10.8 Å². The number of nitrogens with one attached hydrogen (secondary N) is 2. The van der Waals surface area contributed by atoms with E-state index in [-0.39, 0.29) is 16.4 Å². The molecule has 1 amide bonds. The predicted octanol–water partition coefficient (Wildman–Crippen LogP) is 4.49. The maximum absolute atomic E-state index is 12.9. The van der Waals surface area contributed by atoms with Gasteiger partial charge in [-0.05, 0) is 69.1 Å². The number of hydrogen-bond donors (Lipinski definition) is 2. The molecule has 11 nitrogen and oxygen atoms in total. The van der Waals surface area contributed by atoms with Crippen molar-refractivity contribution in [1.82, 2.24) is 25.1 Å². The summed E-state index contributed by atoms with van der Waals surface area (Å²) in [5, 5.41) is 31.0. The number of thiocarbonyl (C=S) groups is 1. The zero-order chi connectivity index (χ0) is 26.1. The minimum absolute atomic E-state index is 0.0852. The summed E-state index contributed by atoms with van der Waals surface area (Å²) in [6.45, 7) is 5.30. The van der Waals surface area contributed by atoms with Gasteiger partial charge in [-0.15, -0.1) is 10.2 Å². The van der Waals surface area contributed by atoms with E-state index in [1.807, 2.05) is 36.9 Å². The van der Waals surface area contributed by atoms with Crippen LogP contribution in [0.3, 0.4) is 0 Å². The summed E-state index contributed by atoms with van der Waals surface area (Å²) in [6, 6.07) is 10.2. The van der Waals surface area contributed by atoms with E-state index in [2.05, 4.69) is 25.9 Å². The minimum atomic E-state index is -0.524. The van der Waals surface area contributed by atoms with E-state index in [0.29, 0.717) is 22.2 Å². The molecule has 1 saturated heterocycles. The molecule has 0 unspecified atom stereocenters. The van der Waals surface area contributed by atoms with Crippen molar-refractivity contribution in [2.75, 3.05) is 23.3 Å². The maximum Gasteiger partial charge on any atom is 0.293 e. The van der Waals surface area contributed by atoms with Gasteiger partial charge in [0.25, 0.3) is 11.6 Å². The zero-order valence-corrected chi connectivity index (χ0v) is 21.9. The summed E-state index contributed by atoms with van der Waals surface area (Å²) in [5.41, 5.74) is 3.11. The van der Waals surface area contributed by atoms with Crippen molar-refractivity contribution >= 4 is 56.6 Å². The van der Waals surface area contributed by atoms with Crippen LogP contribution in [0.15, 0.2) is 36.4 Å². The third kappa shape index (κ3) is 5.00. The number of nitro groups is 1. The predicted molar refractivity (Wildman–Crippen MR) is 146 cm³/mol. The summed E-state index contributed by atoms with van der Waals surface area (Å²) in [7, 11) is 0. The van der Waals surface area contributed by atoms with E-state index in [1.165, 1.54) is 17.4 Å². The average molecular weight is 537 g/mol. The highest BCUT2D eigenvalue weighted by atomic mass is 32.1. The Bertz CT molecular complexity index is 1520. The van der Waals surface area contributed by atoms with Gasteiger partial charge in [-0.2, -0.15) is 9.61 Å². The maximum atomic E-state index is 12.9. The van der Waals surface area contributed by atoms with Crippen molar-refractivity contribution in [3.8, 4) is 10.6 Å². The molecule has 0 radical (unpaired) electrons. The molecule has 3 heterocycles. The van der Waals surface area contributed by atoms with Crippen molar-refractivity contribution in [2.45, 2.75) is 33.1 Å². The number of carbonyl (C=O) groups excluding carboxylic acids is 1. The Morgan fingerprint density at radius 2 is 1.92 bits per heavy atom. The summed E-state index contributed by atoms with van der Waals surface area (Å²) in [5.74, 6) is 0.182. The number of nitrogens with zero attached hydrogens (tertiary/aromatic N) is 6. The molecule has 2 N–H and O–H groups in total. The molecule has 13 heteroatoms. The smallest absolute Gasteiger partial charge is 0.293 e. The number of amides is 1. The molecule has 190 valence electrons. The highest BCUT2D eigenvalue weighted by Gasteiger charge is 2.23. The Labute approximate surface area is 221 Å². The van der Waals surface area contributed by atoms with Crippen LogP contribution in [0.1, 0.15) is 41.0 Å². The first-order chi connectivity index (χ1) is 17.8. The van der Waals surface area contributed by atoms with E-state index in [1.54, 1.807) is 16.6 Å². The van der Waals surface area contributed by atoms with Crippen LogP contribution in [0.25, 0.3) is 15.5 Å². The second-order valence-corrected chi connectivity index (χ2v) is 10.1. The summed E-state index contributed by atoms with van der Waals surface area (Å²) in [6.07, 6.45) is 3.10. The number of rotatable bonds is 5. The molecule has 1 aliphatic heterocycles. The number of aromatic nitrogens is 4. The largest absolute Gasteiger partial charge is 0.366 e. The summed E-state index contributed by atoms with van der Waals surface area (Å²) in [4.78, 5) is 26.9. The van der Waals surface area contributed by atoms with Crippen molar-refractivity contribution in [2.24, 2.45) is 0 Å². The fourth-order valence-corrected chi connectivity index (χ4v) is 5.54. The van der Waals surface area contributed by atoms with Crippen LogP contribution >= 0.6 is 23.6 Å². The lowest BCUT2D eigenvalue weighted by atomic mass is 10.1. The number of fused-ring (bicyclic) bond motifs is 1. The topological polar surface area (TPSA) is 131 Å². The van der Waals surface area contributed by atoms with E-state index in [0.717, 1.165) is 48.5 Å². The van der Waals surface area contributed by atoms with Crippen LogP contribution in [-0.4, -0.2) is 48.8 Å². The molecule has 2 aromatic heterocycles. The Morgan fingerprint density at radius 1 is 1.14 bits per heavy atom. The van der Waals surface area contributed by atoms with Crippen LogP contribution in [0.4, 0.5) is 17.1 Å². The lowest BCUT2D eigenvalue weighted by Gasteiger charge is -2.28. The highest BCUT2D eigenvalue weighted by molar-refractivity contribution is 7.80. The first kappa shape index (κ1) is 24.7. The quantitative estimate of drug-likeness (QED) is 0.215. The van der Waals surface area contributed by atoms with E-state index in [9.17, 15) is 14.9 Å². The lowest BCUT2D eigenvalue weighted by Crippen LogP contribution is -2.34. The standard InChI is InChI=1S/C24H24N8O3S2/c1-14-17(22-29-31-15(2)27-28-24(31)37-22)7-6-8-18(14)25-23(36)26-21(33)16-9-10-19(20(13-16)32(34)35)30-11-4-3-5-12-30/h6-10,13H,3-5,11-12H2,1-2H3,(H2,25,26,33,36). The van der Waals surface area contributed by atoms with Crippen LogP contribution in [0.2, 0.25) is 0 Å². The van der Waals surface area contributed by atoms with Crippen molar-refractivity contribution in [3.63, 3.8) is 0 Å². The molecular weight excluding hydrogens is 512 g/mol. The number of nitro benzene ring substituents is 1. The summed E-state index contributed by atoms with van der Waals surface area (Å²) >= 11 is 6.80. The third-order valence-corrected chi connectivity index (χ3v) is 7.45. The molecule has 5 rings (SSSR count). The number of aryl methyl sites for hydroxylation is 1. The van der Waals surface area contributed by atoms with Gasteiger partial charge in [0.1, 0.15) is 10.7 Å². The van der Waals surface area contributed by atoms with Gasteiger partial charge >= 0.3 is 0 Å². The number of hydrogen-bond acceptors (Lipinski definition) is 9. The van der Waals surface area contributed by atoms with Crippen molar-refractivity contribution < 1.29 is 9.72 Å². The van der Waals surface area contributed by atoms with Gasteiger partial charge in [0.2, 0.25) is 4.96 Å². The molecule has 1 fully saturated rings. The van der Waals surface area contributed by atoms with Crippen LogP contribution in [0.5, 0.6) is 0 Å². The first-order valence-corrected chi connectivity index (χ1v) is 13.0. The van der Waals surface area contributed by atoms with Gasteiger partial charge in [-0.1, -0.05) is 23.5 Å². The molecule has 0 aliphatic carbocycles. The third-order valence-electron chi connectivity index (χ3n) is 6.32. The van der Waals surface area contributed by atoms with E-state index in [4.69, 9.17) is 12.2 Å². The normalized spacial score (nSPS) is 13.5. The Morgan fingerprint density at radius 3 is 2.65 bits per heavy atom. The van der Waals surface area contributed by atoms with Gasteiger partial charge < -0.3 is 10.2 Å². The average Bonchev–Trinajstić information content (AvgIpc) is 3.47. The molecule has 0 atom stereocenters. The Kier molecular flexibility index (Phi) is 6.80. The number of carbonyl (C=O) groups is 1.